The molecule has 7 nitrogen and oxygen atoms in total. The smallest absolute Gasteiger partial charge is 0.247 e. The lowest BCUT2D eigenvalue weighted by Gasteiger charge is -2.06. The number of pyridine rings is 1. The van der Waals surface area contributed by atoms with Gasteiger partial charge in [0.2, 0.25) is 12.3 Å². The number of aromatic nitrogens is 5. The predicted molar refractivity (Wildman–Crippen MR) is 98.0 cm³/mol. The lowest BCUT2D eigenvalue weighted by Crippen LogP contribution is -2.08. The predicted octanol–water partition coefficient (Wildman–Crippen LogP) is 3.81. The van der Waals surface area contributed by atoms with Gasteiger partial charge in [0.15, 0.2) is 11.6 Å². The molecule has 9 heteroatoms. The maximum atomic E-state index is 13.7. The van der Waals surface area contributed by atoms with Crippen LogP contribution in [-0.2, 0) is 6.42 Å². The van der Waals surface area contributed by atoms with Crippen molar-refractivity contribution < 1.29 is 13.6 Å². The third-order valence-corrected chi connectivity index (χ3v) is 4.30. The Kier molecular flexibility index (Phi) is 4.86. The molecule has 0 fully saturated rings. The first-order valence-electron chi connectivity index (χ1n) is 8.12. The molecule has 0 aliphatic carbocycles. The van der Waals surface area contributed by atoms with Crippen LogP contribution in [0.1, 0.15) is 16.1 Å². The maximum absolute atomic E-state index is 13.7. The molecule has 0 unspecified atom stereocenters. The highest BCUT2D eigenvalue weighted by Crippen LogP contribution is 2.30. The molecule has 0 amide bonds. The molecule has 0 radical (unpaired) electrons. The number of carbonyl (C=O) groups is 1. The number of hydrogen-bond donors (Lipinski definition) is 0. The van der Waals surface area contributed by atoms with Gasteiger partial charge in [0.25, 0.3) is 0 Å². The van der Waals surface area contributed by atoms with Gasteiger partial charge < -0.3 is 4.42 Å². The third-order valence-electron chi connectivity index (χ3n) is 3.97. The number of halogens is 2. The number of carbonyl (C=O) groups excluding carboxylic acids is 1. The van der Waals surface area contributed by atoms with Gasteiger partial charge in [0.1, 0.15) is 0 Å². The Balaban J connectivity index is 1.58. The van der Waals surface area contributed by atoms with Crippen LogP contribution in [0.5, 0.6) is 0 Å². The number of rotatable bonds is 5. The highest BCUT2D eigenvalue weighted by molar-refractivity contribution is 6.33. The van der Waals surface area contributed by atoms with Crippen molar-refractivity contribution in [1.82, 2.24) is 25.1 Å². The molecular weight excluding hydrogens is 385 g/mol. The molecule has 0 saturated carbocycles. The fourth-order valence-corrected chi connectivity index (χ4v) is 2.81. The molecule has 0 aliphatic rings. The van der Waals surface area contributed by atoms with Crippen molar-refractivity contribution in [2.75, 3.05) is 0 Å². The monoisotopic (exact) mass is 395 g/mol. The summed E-state index contributed by atoms with van der Waals surface area (Å²) in [7, 11) is 0. The van der Waals surface area contributed by atoms with Gasteiger partial charge in [-0.3, -0.25) is 19.7 Å². The second-order valence-electron chi connectivity index (χ2n) is 5.79. The van der Waals surface area contributed by atoms with Crippen molar-refractivity contribution in [3.05, 3.63) is 77.5 Å². The highest BCUT2D eigenvalue weighted by atomic mass is 35.5. The molecule has 0 bridgehead atoms. The van der Waals surface area contributed by atoms with Crippen LogP contribution in [0.15, 0.2) is 59.9 Å². The van der Waals surface area contributed by atoms with E-state index in [0.29, 0.717) is 33.4 Å². The van der Waals surface area contributed by atoms with E-state index >= 15 is 0 Å². The molecule has 1 aromatic carbocycles. The van der Waals surface area contributed by atoms with Crippen LogP contribution < -0.4 is 0 Å². The van der Waals surface area contributed by atoms with E-state index in [1.807, 2.05) is 0 Å². The molecule has 4 aromatic rings. The van der Waals surface area contributed by atoms with Crippen LogP contribution in [0.3, 0.4) is 0 Å². The van der Waals surface area contributed by atoms with E-state index in [2.05, 4.69) is 25.1 Å². The van der Waals surface area contributed by atoms with Crippen LogP contribution in [0.25, 0.3) is 22.7 Å². The van der Waals surface area contributed by atoms with Gasteiger partial charge in [0, 0.05) is 23.5 Å². The van der Waals surface area contributed by atoms with Crippen molar-refractivity contribution in [3.8, 4) is 22.7 Å². The van der Waals surface area contributed by atoms with Gasteiger partial charge in [-0.05, 0) is 24.3 Å². The highest BCUT2D eigenvalue weighted by Gasteiger charge is 2.14. The lowest BCUT2D eigenvalue weighted by atomic mass is 10.1. The van der Waals surface area contributed by atoms with Crippen molar-refractivity contribution in [1.29, 1.82) is 0 Å². The second kappa shape index (κ2) is 7.61. The molecule has 28 heavy (non-hydrogen) atoms. The van der Waals surface area contributed by atoms with Gasteiger partial charge in [-0.25, -0.2) is 4.39 Å². The number of Topliss-reactive ketones (excluding diaryl/α,β-unsaturated/α-hetero) is 1. The summed E-state index contributed by atoms with van der Waals surface area (Å²) in [5.74, 6) is -0.715. The van der Waals surface area contributed by atoms with E-state index in [1.54, 1.807) is 18.2 Å². The van der Waals surface area contributed by atoms with Crippen molar-refractivity contribution in [3.63, 3.8) is 0 Å². The van der Waals surface area contributed by atoms with E-state index in [9.17, 15) is 9.18 Å². The number of benzene rings is 1. The van der Waals surface area contributed by atoms with E-state index in [1.165, 1.54) is 31.1 Å². The Bertz CT molecular complexity index is 1130. The first-order chi connectivity index (χ1) is 13.6. The van der Waals surface area contributed by atoms with E-state index in [-0.39, 0.29) is 12.0 Å². The number of ketones is 1. The standard InChI is InChI=1S/C19H11ClFN5O2/c20-15-2-1-11(19-26-25-10-28-19)5-14(15)17-9-23-12(7-24-17)6-18(27)13-3-4-22-8-16(13)21/h1-5,7-10H,6H2. The summed E-state index contributed by atoms with van der Waals surface area (Å²) < 4.78 is 18.9. The quantitative estimate of drug-likeness (QED) is 0.474. The molecule has 0 atom stereocenters. The molecule has 0 aliphatic heterocycles. The Hall–Kier alpha value is -3.52. The first-order valence-corrected chi connectivity index (χ1v) is 8.49. The number of nitrogens with zero attached hydrogens (tertiary/aromatic N) is 5. The fourth-order valence-electron chi connectivity index (χ4n) is 2.60. The van der Waals surface area contributed by atoms with Crippen LogP contribution in [0, 0.1) is 5.82 Å². The minimum absolute atomic E-state index is 0.0313. The van der Waals surface area contributed by atoms with Crippen LogP contribution in [0.4, 0.5) is 4.39 Å². The van der Waals surface area contributed by atoms with Gasteiger partial charge in [-0.15, -0.1) is 10.2 Å². The normalized spacial score (nSPS) is 10.8. The topological polar surface area (TPSA) is 94.7 Å². The van der Waals surface area contributed by atoms with Gasteiger partial charge in [-0.1, -0.05) is 11.6 Å². The minimum atomic E-state index is -0.665. The molecule has 138 valence electrons. The molecule has 0 spiro atoms. The Labute approximate surface area is 163 Å². The van der Waals surface area contributed by atoms with E-state index < -0.39 is 11.6 Å². The zero-order valence-corrected chi connectivity index (χ0v) is 15.0. The average Bonchev–Trinajstić information content (AvgIpc) is 3.24. The van der Waals surface area contributed by atoms with Gasteiger partial charge in [0.05, 0.1) is 40.8 Å². The Morgan fingerprint density at radius 1 is 1.14 bits per heavy atom. The summed E-state index contributed by atoms with van der Waals surface area (Å²) in [6, 6.07) is 6.55. The third kappa shape index (κ3) is 3.63. The average molecular weight is 396 g/mol. The molecular formula is C19H11ClFN5O2. The molecule has 3 aromatic heterocycles. The summed E-state index contributed by atoms with van der Waals surface area (Å²) in [5, 5.41) is 7.99. The first kappa shape index (κ1) is 17.9. The van der Waals surface area contributed by atoms with Crippen molar-refractivity contribution in [2.45, 2.75) is 6.42 Å². The van der Waals surface area contributed by atoms with Crippen LogP contribution >= 0.6 is 11.6 Å². The fraction of sp³-hybridized carbons (Fsp3) is 0.0526. The lowest BCUT2D eigenvalue weighted by molar-refractivity contribution is 0.0988. The Morgan fingerprint density at radius 3 is 2.75 bits per heavy atom. The van der Waals surface area contributed by atoms with Crippen molar-refractivity contribution in [2.24, 2.45) is 0 Å². The molecule has 0 N–H and O–H groups in total. The molecule has 4 rings (SSSR count). The van der Waals surface area contributed by atoms with Gasteiger partial charge >= 0.3 is 0 Å². The summed E-state index contributed by atoms with van der Waals surface area (Å²) in [6.07, 6.45) is 6.49. The van der Waals surface area contributed by atoms with E-state index in [0.717, 1.165) is 6.20 Å². The van der Waals surface area contributed by atoms with E-state index in [4.69, 9.17) is 16.0 Å². The number of hydrogen-bond acceptors (Lipinski definition) is 7. The maximum Gasteiger partial charge on any atom is 0.247 e. The molecule has 3 heterocycles. The second-order valence-corrected chi connectivity index (χ2v) is 6.19. The SMILES string of the molecule is O=C(Cc1cnc(-c2cc(-c3nnco3)ccc2Cl)cn1)c1ccncc1F. The summed E-state index contributed by atoms with van der Waals surface area (Å²) in [5.41, 5.74) is 2.21. The van der Waals surface area contributed by atoms with Crippen LogP contribution in [-0.4, -0.2) is 30.9 Å². The zero-order valence-electron chi connectivity index (χ0n) is 14.2. The van der Waals surface area contributed by atoms with Gasteiger partial charge in [-0.2, -0.15) is 0 Å². The summed E-state index contributed by atoms with van der Waals surface area (Å²) >= 11 is 6.28. The van der Waals surface area contributed by atoms with Crippen LogP contribution in [0.2, 0.25) is 5.02 Å². The summed E-state index contributed by atoms with van der Waals surface area (Å²) in [4.78, 5) is 24.5. The summed E-state index contributed by atoms with van der Waals surface area (Å²) in [6.45, 7) is 0. The van der Waals surface area contributed by atoms with Crippen molar-refractivity contribution >= 4 is 17.4 Å². The molecule has 0 saturated heterocycles. The largest absolute Gasteiger partial charge is 0.423 e. The zero-order chi connectivity index (χ0) is 19.5. The Morgan fingerprint density at radius 2 is 2.04 bits per heavy atom. The minimum Gasteiger partial charge on any atom is -0.423 e.